The Bertz CT molecular complexity index is 252. The number of hydrogen-bond donors (Lipinski definition) is 3. The molecule has 0 aliphatic rings. The van der Waals surface area contributed by atoms with Crippen molar-refractivity contribution in [2.24, 2.45) is 0 Å². The lowest BCUT2D eigenvalue weighted by atomic mass is 10.2. The molecule has 1 radical (unpaired) electrons. The molecular formula is C8H16N5. The van der Waals surface area contributed by atoms with E-state index < -0.39 is 0 Å². The summed E-state index contributed by atoms with van der Waals surface area (Å²) in [6.07, 6.45) is 0.702. The lowest BCUT2D eigenvalue weighted by molar-refractivity contribution is 0.791. The van der Waals surface area contributed by atoms with Gasteiger partial charge >= 0.3 is 0 Å². The molecule has 0 saturated heterocycles. The minimum Gasteiger partial charge on any atom is -0.371 e. The molecule has 5 heteroatoms. The topological polar surface area (TPSA) is 53.9 Å². The third kappa shape index (κ3) is 1.54. The molecule has 1 rings (SSSR count). The molecule has 0 saturated carbocycles. The Hall–Kier alpha value is -1.39. The average molecular weight is 182 g/mol. The van der Waals surface area contributed by atoms with Crippen molar-refractivity contribution in [3.05, 3.63) is 12.5 Å². The lowest BCUT2D eigenvalue weighted by Crippen LogP contribution is -2.13. The Balaban J connectivity index is 3.17. The highest BCUT2D eigenvalue weighted by molar-refractivity contribution is 5.59. The van der Waals surface area contributed by atoms with Crippen LogP contribution in [-0.4, -0.2) is 31.0 Å². The predicted octanol–water partition coefficient (Wildman–Crippen LogP) is 0.516. The summed E-state index contributed by atoms with van der Waals surface area (Å²) in [5.41, 5.74) is 4.03. The van der Waals surface area contributed by atoms with Crippen LogP contribution in [0.2, 0.25) is 0 Å². The third-order valence-corrected chi connectivity index (χ3v) is 1.92. The van der Waals surface area contributed by atoms with Gasteiger partial charge in [0.05, 0.1) is 0 Å². The summed E-state index contributed by atoms with van der Waals surface area (Å²) in [6.45, 7) is 3.86. The first-order valence-corrected chi connectivity index (χ1v) is 4.22. The summed E-state index contributed by atoms with van der Waals surface area (Å²) >= 11 is 0. The first-order chi connectivity index (χ1) is 6.28. The third-order valence-electron chi connectivity index (χ3n) is 1.92. The van der Waals surface area contributed by atoms with Crippen LogP contribution in [0.25, 0.3) is 0 Å². The van der Waals surface area contributed by atoms with Gasteiger partial charge in [-0.25, -0.2) is 0 Å². The number of hydrogen-bond acceptors (Lipinski definition) is 4. The molecule has 0 aromatic carbocycles. The summed E-state index contributed by atoms with van der Waals surface area (Å²) in [5.74, 6) is 1.80. The van der Waals surface area contributed by atoms with Gasteiger partial charge in [-0.15, -0.1) is 5.10 Å². The van der Waals surface area contributed by atoms with Crippen molar-refractivity contribution >= 4 is 11.6 Å². The van der Waals surface area contributed by atoms with E-state index in [2.05, 4.69) is 28.1 Å². The van der Waals surface area contributed by atoms with E-state index in [1.807, 2.05) is 21.1 Å². The molecule has 0 unspecified atom stereocenters. The molecule has 0 aliphatic carbocycles. The monoisotopic (exact) mass is 182 g/mol. The highest BCUT2D eigenvalue weighted by Crippen LogP contribution is 2.22. The summed E-state index contributed by atoms with van der Waals surface area (Å²) in [5, 5.41) is 10.4. The van der Waals surface area contributed by atoms with Gasteiger partial charge in [0.2, 0.25) is 0 Å². The number of nitrogens with zero attached hydrogens (tertiary/aromatic N) is 2. The van der Waals surface area contributed by atoms with Gasteiger partial charge in [0, 0.05) is 26.7 Å². The Kier molecular flexibility index (Phi) is 3.00. The van der Waals surface area contributed by atoms with Gasteiger partial charge < -0.3 is 16.1 Å². The van der Waals surface area contributed by atoms with Crippen LogP contribution in [0.3, 0.4) is 0 Å². The van der Waals surface area contributed by atoms with Crippen LogP contribution in [0.1, 0.15) is 5.56 Å². The van der Waals surface area contributed by atoms with Gasteiger partial charge in [0.1, 0.15) is 0 Å². The second-order valence-corrected chi connectivity index (χ2v) is 2.56. The first-order valence-electron chi connectivity index (χ1n) is 4.22. The largest absolute Gasteiger partial charge is 0.371 e. The molecule has 1 aromatic rings. The van der Waals surface area contributed by atoms with Gasteiger partial charge in [-0.3, -0.25) is 0 Å². The molecule has 3 N–H and O–H groups in total. The fourth-order valence-corrected chi connectivity index (χ4v) is 1.31. The quantitative estimate of drug-likeness (QED) is 0.635. The minimum absolute atomic E-state index is 0.702. The molecule has 0 amide bonds. The van der Waals surface area contributed by atoms with Crippen molar-refractivity contribution in [1.29, 1.82) is 0 Å². The molecule has 0 spiro atoms. The molecule has 73 valence electrons. The van der Waals surface area contributed by atoms with E-state index in [0.717, 1.165) is 17.2 Å². The molecule has 0 fully saturated rings. The molecule has 1 aromatic heterocycles. The lowest BCUT2D eigenvalue weighted by Gasteiger charge is -2.05. The Morgan fingerprint density at radius 2 is 2.00 bits per heavy atom. The van der Waals surface area contributed by atoms with Gasteiger partial charge in [-0.05, 0) is 13.3 Å². The van der Waals surface area contributed by atoms with Crippen molar-refractivity contribution in [1.82, 2.24) is 9.89 Å². The first kappa shape index (κ1) is 9.70. The van der Waals surface area contributed by atoms with Crippen LogP contribution in [0, 0.1) is 6.92 Å². The summed E-state index contributed by atoms with van der Waals surface area (Å²) < 4.78 is 0. The predicted molar refractivity (Wildman–Crippen MR) is 55.7 cm³/mol. The molecule has 0 atom stereocenters. The zero-order chi connectivity index (χ0) is 9.84. The second-order valence-electron chi connectivity index (χ2n) is 2.56. The minimum atomic E-state index is 0.702. The fraction of sp³-hybridized carbons (Fsp3) is 0.500. The van der Waals surface area contributed by atoms with E-state index in [4.69, 9.17) is 0 Å². The van der Waals surface area contributed by atoms with Gasteiger partial charge in [0.25, 0.3) is 0 Å². The molecule has 5 nitrogen and oxygen atoms in total. The standard InChI is InChI=1S/C8H16N5/c1-5-6-7(9-2)12-13(11-4)8(6)10-3/h10-11H,1,5H2,2-4H3,(H,9,12). The summed E-state index contributed by atoms with van der Waals surface area (Å²) in [7, 11) is 5.53. The van der Waals surface area contributed by atoms with E-state index in [-0.39, 0.29) is 0 Å². The maximum Gasteiger partial charge on any atom is 0.155 e. The maximum absolute atomic E-state index is 4.28. The van der Waals surface area contributed by atoms with Crippen molar-refractivity contribution in [3.8, 4) is 0 Å². The van der Waals surface area contributed by atoms with Crippen molar-refractivity contribution in [2.75, 3.05) is 37.2 Å². The van der Waals surface area contributed by atoms with Gasteiger partial charge in [0.15, 0.2) is 11.6 Å². The van der Waals surface area contributed by atoms with E-state index >= 15 is 0 Å². The number of anilines is 2. The molecule has 0 aliphatic heterocycles. The molecule has 1 heterocycles. The van der Waals surface area contributed by atoms with Crippen molar-refractivity contribution in [2.45, 2.75) is 6.42 Å². The van der Waals surface area contributed by atoms with E-state index in [1.54, 1.807) is 4.79 Å². The Labute approximate surface area is 78.5 Å². The molecule has 13 heavy (non-hydrogen) atoms. The van der Waals surface area contributed by atoms with E-state index in [9.17, 15) is 0 Å². The highest BCUT2D eigenvalue weighted by atomic mass is 15.6. The second kappa shape index (κ2) is 4.02. The normalized spacial score (nSPS) is 9.85. The van der Waals surface area contributed by atoms with E-state index in [1.165, 1.54) is 0 Å². The SMILES string of the molecule is [CH2]Cc1c(NC)nn(NC)c1NC. The maximum atomic E-state index is 4.28. The van der Waals surface area contributed by atoms with Gasteiger partial charge in [-0.2, -0.15) is 4.79 Å². The van der Waals surface area contributed by atoms with Crippen LogP contribution in [0.15, 0.2) is 0 Å². The molecular weight excluding hydrogens is 166 g/mol. The van der Waals surface area contributed by atoms with Crippen LogP contribution >= 0.6 is 0 Å². The number of aromatic nitrogens is 2. The summed E-state index contributed by atoms with van der Waals surface area (Å²) in [6, 6.07) is 0. The highest BCUT2D eigenvalue weighted by Gasteiger charge is 2.13. The van der Waals surface area contributed by atoms with Crippen LogP contribution in [0.5, 0.6) is 0 Å². The number of rotatable bonds is 4. The smallest absolute Gasteiger partial charge is 0.155 e. The van der Waals surface area contributed by atoms with Gasteiger partial charge in [-0.1, -0.05) is 0 Å². The van der Waals surface area contributed by atoms with Crippen molar-refractivity contribution in [3.63, 3.8) is 0 Å². The van der Waals surface area contributed by atoms with E-state index in [0.29, 0.717) is 6.42 Å². The molecule has 0 bridgehead atoms. The Morgan fingerprint density at radius 1 is 1.31 bits per heavy atom. The van der Waals surface area contributed by atoms with Crippen LogP contribution in [-0.2, 0) is 6.42 Å². The summed E-state index contributed by atoms with van der Waals surface area (Å²) in [4.78, 5) is 1.69. The fourth-order valence-electron chi connectivity index (χ4n) is 1.31. The van der Waals surface area contributed by atoms with Crippen molar-refractivity contribution < 1.29 is 0 Å². The van der Waals surface area contributed by atoms with Crippen LogP contribution in [0.4, 0.5) is 11.6 Å². The van der Waals surface area contributed by atoms with Crippen LogP contribution < -0.4 is 16.1 Å². The number of nitrogens with one attached hydrogen (secondary N) is 3. The average Bonchev–Trinajstić information content (AvgIpc) is 2.54. The zero-order valence-corrected chi connectivity index (χ0v) is 8.31. The Morgan fingerprint density at radius 3 is 2.38 bits per heavy atom. The zero-order valence-electron chi connectivity index (χ0n) is 8.31.